The summed E-state index contributed by atoms with van der Waals surface area (Å²) in [7, 11) is 2.02. The van der Waals surface area contributed by atoms with Crippen molar-refractivity contribution in [1.82, 2.24) is 5.32 Å². The highest BCUT2D eigenvalue weighted by molar-refractivity contribution is 5.36. The van der Waals surface area contributed by atoms with Gasteiger partial charge in [0.1, 0.15) is 0 Å². The van der Waals surface area contributed by atoms with E-state index in [9.17, 15) is 0 Å². The Bertz CT molecular complexity index is 354. The molecular weight excluding hydrogens is 182 g/mol. The highest BCUT2D eigenvalue weighted by atomic mass is 14.9. The van der Waals surface area contributed by atoms with Crippen LogP contribution in [0.5, 0.6) is 0 Å². The van der Waals surface area contributed by atoms with Gasteiger partial charge in [-0.1, -0.05) is 24.3 Å². The average molecular weight is 201 g/mol. The molecule has 1 atom stereocenters. The van der Waals surface area contributed by atoms with Crippen LogP contribution in [0.15, 0.2) is 30.9 Å². The Labute approximate surface area is 92.2 Å². The first-order valence-corrected chi connectivity index (χ1v) is 5.75. The van der Waals surface area contributed by atoms with Crippen molar-refractivity contribution in [3.63, 3.8) is 0 Å². The van der Waals surface area contributed by atoms with Gasteiger partial charge in [-0.25, -0.2) is 0 Å². The predicted molar refractivity (Wildman–Crippen MR) is 65.1 cm³/mol. The molecule has 1 nitrogen and oxygen atoms in total. The Morgan fingerprint density at radius 2 is 2.20 bits per heavy atom. The van der Waals surface area contributed by atoms with Gasteiger partial charge < -0.3 is 5.32 Å². The van der Waals surface area contributed by atoms with Crippen molar-refractivity contribution in [2.24, 2.45) is 0 Å². The van der Waals surface area contributed by atoms with Gasteiger partial charge in [0.25, 0.3) is 0 Å². The Balaban J connectivity index is 2.24. The van der Waals surface area contributed by atoms with Crippen LogP contribution in [0.1, 0.15) is 35.6 Å². The maximum atomic E-state index is 3.81. The standard InChI is InChI=1S/C14H19N/c1-3-5-14(15-2)13-9-8-11-6-4-7-12(11)10-13/h3,8-10,14-15H,1,4-7H2,2H3. The minimum absolute atomic E-state index is 0.424. The molecule has 0 saturated heterocycles. The topological polar surface area (TPSA) is 12.0 Å². The molecule has 0 heterocycles. The lowest BCUT2D eigenvalue weighted by Gasteiger charge is -2.15. The van der Waals surface area contributed by atoms with Crippen molar-refractivity contribution in [2.75, 3.05) is 7.05 Å². The zero-order valence-corrected chi connectivity index (χ0v) is 9.42. The molecule has 1 aliphatic carbocycles. The normalized spacial score (nSPS) is 16.1. The summed E-state index contributed by atoms with van der Waals surface area (Å²) in [5, 5.41) is 3.34. The number of aryl methyl sites for hydroxylation is 2. The predicted octanol–water partition coefficient (Wildman–Crippen LogP) is 3.01. The molecule has 0 aliphatic heterocycles. The van der Waals surface area contributed by atoms with Crippen LogP contribution in [-0.2, 0) is 12.8 Å². The quantitative estimate of drug-likeness (QED) is 0.738. The number of rotatable bonds is 4. The Hall–Kier alpha value is -1.08. The fraction of sp³-hybridized carbons (Fsp3) is 0.429. The molecule has 1 N–H and O–H groups in total. The molecule has 0 amide bonds. The summed E-state index contributed by atoms with van der Waals surface area (Å²) in [5.74, 6) is 0. The van der Waals surface area contributed by atoms with Crippen molar-refractivity contribution >= 4 is 0 Å². The molecule has 0 saturated carbocycles. The molecule has 0 aromatic heterocycles. The van der Waals surface area contributed by atoms with Gasteiger partial charge >= 0.3 is 0 Å². The third-order valence-corrected chi connectivity index (χ3v) is 3.28. The van der Waals surface area contributed by atoms with Gasteiger partial charge in [0.15, 0.2) is 0 Å². The lowest BCUT2D eigenvalue weighted by Crippen LogP contribution is -2.15. The van der Waals surface area contributed by atoms with Crippen molar-refractivity contribution in [3.8, 4) is 0 Å². The third-order valence-electron chi connectivity index (χ3n) is 3.28. The van der Waals surface area contributed by atoms with E-state index in [4.69, 9.17) is 0 Å². The molecule has 0 spiro atoms. The fourth-order valence-electron chi connectivity index (χ4n) is 2.40. The second-order valence-corrected chi connectivity index (χ2v) is 4.25. The zero-order chi connectivity index (χ0) is 10.7. The molecule has 15 heavy (non-hydrogen) atoms. The van der Waals surface area contributed by atoms with Gasteiger partial charge in [0, 0.05) is 6.04 Å². The molecule has 0 fully saturated rings. The van der Waals surface area contributed by atoms with Gasteiger partial charge in [-0.3, -0.25) is 0 Å². The minimum atomic E-state index is 0.424. The van der Waals surface area contributed by atoms with Crippen molar-refractivity contribution < 1.29 is 0 Å². The molecule has 1 unspecified atom stereocenters. The fourth-order valence-corrected chi connectivity index (χ4v) is 2.40. The van der Waals surface area contributed by atoms with E-state index in [0.29, 0.717) is 6.04 Å². The Morgan fingerprint density at radius 1 is 1.40 bits per heavy atom. The van der Waals surface area contributed by atoms with Crippen molar-refractivity contribution in [3.05, 3.63) is 47.5 Å². The van der Waals surface area contributed by atoms with Gasteiger partial charge in [-0.15, -0.1) is 6.58 Å². The number of benzene rings is 1. The van der Waals surface area contributed by atoms with Gasteiger partial charge in [0.05, 0.1) is 0 Å². The maximum absolute atomic E-state index is 3.81. The highest BCUT2D eigenvalue weighted by Gasteiger charge is 2.13. The molecule has 0 bridgehead atoms. The van der Waals surface area contributed by atoms with Crippen LogP contribution in [0.25, 0.3) is 0 Å². The van der Waals surface area contributed by atoms with Crippen LogP contribution >= 0.6 is 0 Å². The van der Waals surface area contributed by atoms with E-state index < -0.39 is 0 Å². The first-order chi connectivity index (χ1) is 7.35. The first-order valence-electron chi connectivity index (χ1n) is 5.75. The van der Waals surface area contributed by atoms with Gasteiger partial charge in [-0.05, 0) is 49.4 Å². The van der Waals surface area contributed by atoms with E-state index >= 15 is 0 Å². The van der Waals surface area contributed by atoms with Gasteiger partial charge in [0.2, 0.25) is 0 Å². The average Bonchev–Trinajstić information content (AvgIpc) is 2.72. The van der Waals surface area contributed by atoms with Crippen LogP contribution in [0, 0.1) is 0 Å². The maximum Gasteiger partial charge on any atom is 0.0352 e. The first kappa shape index (κ1) is 10.4. The van der Waals surface area contributed by atoms with Crippen LogP contribution in [0.2, 0.25) is 0 Å². The van der Waals surface area contributed by atoms with Crippen molar-refractivity contribution in [1.29, 1.82) is 0 Å². The lowest BCUT2D eigenvalue weighted by atomic mass is 9.99. The summed E-state index contributed by atoms with van der Waals surface area (Å²) in [5.41, 5.74) is 4.50. The molecule has 1 aromatic carbocycles. The largest absolute Gasteiger partial charge is 0.313 e. The molecule has 1 aliphatic rings. The van der Waals surface area contributed by atoms with E-state index in [0.717, 1.165) is 6.42 Å². The summed E-state index contributed by atoms with van der Waals surface area (Å²) in [6.07, 6.45) is 6.82. The zero-order valence-electron chi connectivity index (χ0n) is 9.42. The number of nitrogens with one attached hydrogen (secondary N) is 1. The summed E-state index contributed by atoms with van der Waals surface area (Å²) in [6.45, 7) is 3.81. The van der Waals surface area contributed by atoms with E-state index in [1.165, 1.54) is 24.8 Å². The molecular formula is C14H19N. The molecule has 1 heteroatoms. The third kappa shape index (κ3) is 2.13. The summed E-state index contributed by atoms with van der Waals surface area (Å²) in [6, 6.07) is 7.35. The summed E-state index contributed by atoms with van der Waals surface area (Å²) < 4.78 is 0. The van der Waals surface area contributed by atoms with Crippen LogP contribution in [-0.4, -0.2) is 7.05 Å². The monoisotopic (exact) mass is 201 g/mol. The smallest absolute Gasteiger partial charge is 0.0352 e. The van der Waals surface area contributed by atoms with E-state index in [2.05, 4.69) is 30.1 Å². The van der Waals surface area contributed by atoms with Crippen LogP contribution in [0.3, 0.4) is 0 Å². The molecule has 1 aromatic rings. The van der Waals surface area contributed by atoms with Gasteiger partial charge in [-0.2, -0.15) is 0 Å². The summed E-state index contributed by atoms with van der Waals surface area (Å²) in [4.78, 5) is 0. The summed E-state index contributed by atoms with van der Waals surface area (Å²) >= 11 is 0. The Morgan fingerprint density at radius 3 is 2.93 bits per heavy atom. The number of hydrogen-bond donors (Lipinski definition) is 1. The van der Waals surface area contributed by atoms with Crippen LogP contribution in [0.4, 0.5) is 0 Å². The van der Waals surface area contributed by atoms with E-state index in [1.807, 2.05) is 13.1 Å². The van der Waals surface area contributed by atoms with Crippen molar-refractivity contribution in [2.45, 2.75) is 31.7 Å². The second-order valence-electron chi connectivity index (χ2n) is 4.25. The van der Waals surface area contributed by atoms with E-state index in [1.54, 1.807) is 11.1 Å². The van der Waals surface area contributed by atoms with E-state index in [-0.39, 0.29) is 0 Å². The molecule has 80 valence electrons. The van der Waals surface area contributed by atoms with Crippen LogP contribution < -0.4 is 5.32 Å². The highest BCUT2D eigenvalue weighted by Crippen LogP contribution is 2.26. The molecule has 0 radical (unpaired) electrons. The second kappa shape index (κ2) is 4.63. The lowest BCUT2D eigenvalue weighted by molar-refractivity contribution is 0.603. The number of hydrogen-bond acceptors (Lipinski definition) is 1. The SMILES string of the molecule is C=CCC(NC)c1ccc2c(c1)CCC2. The minimum Gasteiger partial charge on any atom is -0.313 e. The Kier molecular flexibility index (Phi) is 3.22. The number of fused-ring (bicyclic) bond motifs is 1. The molecule has 2 rings (SSSR count).